The van der Waals surface area contributed by atoms with Crippen LogP contribution in [0.15, 0.2) is 28.7 Å². The van der Waals surface area contributed by atoms with E-state index < -0.39 is 0 Å². The van der Waals surface area contributed by atoms with Crippen molar-refractivity contribution in [1.29, 1.82) is 0 Å². The topological polar surface area (TPSA) is 46.6 Å². The number of carbonyl (C=O) groups excluding carboxylic acids is 2. The van der Waals surface area contributed by atoms with Gasteiger partial charge in [-0.2, -0.15) is 0 Å². The Hall–Kier alpha value is -1.36. The number of carbonyl (C=O) groups is 2. The standard InChI is InChI=1S/C13H14BrNO3/c14-11-3-1-2-10(8-11)9-18-13(17)15-6-4-12(16)5-7-15/h1-3,8H,4-7,9H2. The molecule has 1 saturated heterocycles. The molecule has 0 atom stereocenters. The second kappa shape index (κ2) is 6.00. The summed E-state index contributed by atoms with van der Waals surface area (Å²) in [5.74, 6) is 0.214. The third-order valence-corrected chi connectivity index (χ3v) is 3.32. The lowest BCUT2D eigenvalue weighted by Crippen LogP contribution is -2.38. The van der Waals surface area contributed by atoms with E-state index in [1.807, 2.05) is 24.3 Å². The Morgan fingerprint density at radius 3 is 2.72 bits per heavy atom. The van der Waals surface area contributed by atoms with E-state index in [4.69, 9.17) is 4.74 Å². The van der Waals surface area contributed by atoms with Crippen molar-refractivity contribution in [1.82, 2.24) is 4.90 Å². The lowest BCUT2D eigenvalue weighted by molar-refractivity contribution is -0.121. The van der Waals surface area contributed by atoms with Gasteiger partial charge in [0.15, 0.2) is 0 Å². The molecule has 18 heavy (non-hydrogen) atoms. The summed E-state index contributed by atoms with van der Waals surface area (Å²) in [6, 6.07) is 7.62. The summed E-state index contributed by atoms with van der Waals surface area (Å²) >= 11 is 3.36. The highest BCUT2D eigenvalue weighted by Gasteiger charge is 2.21. The number of Topliss-reactive ketones (excluding diaryl/α,β-unsaturated/α-hetero) is 1. The fourth-order valence-corrected chi connectivity index (χ4v) is 2.25. The van der Waals surface area contributed by atoms with Crippen molar-refractivity contribution in [2.75, 3.05) is 13.1 Å². The van der Waals surface area contributed by atoms with Crippen molar-refractivity contribution >= 4 is 27.8 Å². The molecule has 1 heterocycles. The second-order valence-corrected chi connectivity index (χ2v) is 5.13. The Bertz CT molecular complexity index is 451. The number of ketones is 1. The van der Waals surface area contributed by atoms with Gasteiger partial charge in [0.1, 0.15) is 12.4 Å². The zero-order valence-electron chi connectivity index (χ0n) is 9.89. The smallest absolute Gasteiger partial charge is 0.410 e. The summed E-state index contributed by atoms with van der Waals surface area (Å²) in [7, 11) is 0. The Morgan fingerprint density at radius 2 is 2.06 bits per heavy atom. The molecule has 96 valence electrons. The third-order valence-electron chi connectivity index (χ3n) is 2.83. The molecular formula is C13H14BrNO3. The Balaban J connectivity index is 1.83. The van der Waals surface area contributed by atoms with E-state index in [9.17, 15) is 9.59 Å². The molecular weight excluding hydrogens is 298 g/mol. The van der Waals surface area contributed by atoms with E-state index in [0.29, 0.717) is 25.9 Å². The Morgan fingerprint density at radius 1 is 1.33 bits per heavy atom. The van der Waals surface area contributed by atoms with Gasteiger partial charge in [0.2, 0.25) is 0 Å². The maximum absolute atomic E-state index is 11.7. The first-order chi connectivity index (χ1) is 8.65. The van der Waals surface area contributed by atoms with E-state index >= 15 is 0 Å². The molecule has 5 heteroatoms. The molecule has 1 aliphatic heterocycles. The van der Waals surface area contributed by atoms with E-state index in [1.54, 1.807) is 4.90 Å². The van der Waals surface area contributed by atoms with Crippen molar-refractivity contribution < 1.29 is 14.3 Å². The van der Waals surface area contributed by atoms with Crippen LogP contribution < -0.4 is 0 Å². The summed E-state index contributed by atoms with van der Waals surface area (Å²) in [4.78, 5) is 24.4. The van der Waals surface area contributed by atoms with E-state index in [1.165, 1.54) is 0 Å². The predicted molar refractivity (Wildman–Crippen MR) is 70.1 cm³/mol. The van der Waals surface area contributed by atoms with Crippen molar-refractivity contribution in [2.24, 2.45) is 0 Å². The summed E-state index contributed by atoms with van der Waals surface area (Å²) in [6.07, 6.45) is 0.528. The van der Waals surface area contributed by atoms with Gasteiger partial charge in [-0.25, -0.2) is 4.79 Å². The fourth-order valence-electron chi connectivity index (χ4n) is 1.80. The molecule has 0 radical (unpaired) electrons. The predicted octanol–water partition coefficient (Wildman–Crippen LogP) is 2.75. The van der Waals surface area contributed by atoms with Crippen LogP contribution in [-0.4, -0.2) is 29.9 Å². The molecule has 0 aromatic heterocycles. The van der Waals surface area contributed by atoms with Gasteiger partial charge in [0.25, 0.3) is 0 Å². The first-order valence-electron chi connectivity index (χ1n) is 5.83. The number of halogens is 1. The minimum Gasteiger partial charge on any atom is -0.445 e. The Labute approximate surface area is 114 Å². The highest BCUT2D eigenvalue weighted by Crippen LogP contribution is 2.13. The lowest BCUT2D eigenvalue weighted by Gasteiger charge is -2.25. The normalized spacial score (nSPS) is 15.6. The van der Waals surface area contributed by atoms with Gasteiger partial charge in [-0.05, 0) is 17.7 Å². The van der Waals surface area contributed by atoms with Crippen molar-refractivity contribution in [2.45, 2.75) is 19.4 Å². The molecule has 4 nitrogen and oxygen atoms in total. The number of ether oxygens (including phenoxy) is 1. The van der Waals surface area contributed by atoms with E-state index in [-0.39, 0.29) is 18.5 Å². The second-order valence-electron chi connectivity index (χ2n) is 4.21. The van der Waals surface area contributed by atoms with Crippen LogP contribution in [0.25, 0.3) is 0 Å². The number of hydrogen-bond acceptors (Lipinski definition) is 3. The summed E-state index contributed by atoms with van der Waals surface area (Å²) in [5.41, 5.74) is 0.936. The quantitative estimate of drug-likeness (QED) is 0.843. The molecule has 0 unspecified atom stereocenters. The third kappa shape index (κ3) is 3.57. The molecule has 0 aliphatic carbocycles. The van der Waals surface area contributed by atoms with Crippen LogP contribution in [0.1, 0.15) is 18.4 Å². The highest BCUT2D eigenvalue weighted by atomic mass is 79.9. The molecule has 1 aliphatic rings. The lowest BCUT2D eigenvalue weighted by atomic mass is 10.1. The molecule has 0 saturated carbocycles. The maximum atomic E-state index is 11.7. The van der Waals surface area contributed by atoms with Crippen molar-refractivity contribution in [3.63, 3.8) is 0 Å². The summed E-state index contributed by atoms with van der Waals surface area (Å²) < 4.78 is 6.17. The van der Waals surface area contributed by atoms with E-state index in [2.05, 4.69) is 15.9 Å². The van der Waals surface area contributed by atoms with Crippen LogP contribution in [0.4, 0.5) is 4.79 Å². The van der Waals surface area contributed by atoms with Crippen LogP contribution in [0.3, 0.4) is 0 Å². The minimum absolute atomic E-state index is 0.214. The highest BCUT2D eigenvalue weighted by molar-refractivity contribution is 9.10. The zero-order valence-corrected chi connectivity index (χ0v) is 11.5. The number of amides is 1. The number of likely N-dealkylation sites (tertiary alicyclic amines) is 1. The van der Waals surface area contributed by atoms with Crippen LogP contribution in [0.5, 0.6) is 0 Å². The van der Waals surface area contributed by atoms with Gasteiger partial charge >= 0.3 is 6.09 Å². The molecule has 1 amide bonds. The Kier molecular flexibility index (Phi) is 4.36. The molecule has 1 aromatic carbocycles. The van der Waals surface area contributed by atoms with Gasteiger partial charge in [0.05, 0.1) is 0 Å². The average Bonchev–Trinajstić information content (AvgIpc) is 2.37. The van der Waals surface area contributed by atoms with Gasteiger partial charge in [-0.15, -0.1) is 0 Å². The van der Waals surface area contributed by atoms with Crippen molar-refractivity contribution in [3.8, 4) is 0 Å². The van der Waals surface area contributed by atoms with Crippen LogP contribution >= 0.6 is 15.9 Å². The van der Waals surface area contributed by atoms with E-state index in [0.717, 1.165) is 10.0 Å². The van der Waals surface area contributed by atoms with Crippen LogP contribution in [-0.2, 0) is 16.1 Å². The fraction of sp³-hybridized carbons (Fsp3) is 0.385. The maximum Gasteiger partial charge on any atom is 0.410 e. The van der Waals surface area contributed by atoms with Gasteiger partial charge in [-0.1, -0.05) is 28.1 Å². The molecule has 0 spiro atoms. The SMILES string of the molecule is O=C1CCN(C(=O)OCc2cccc(Br)c2)CC1. The number of nitrogens with zero attached hydrogens (tertiary/aromatic N) is 1. The summed E-state index contributed by atoms with van der Waals surface area (Å²) in [6.45, 7) is 1.19. The van der Waals surface area contributed by atoms with Gasteiger partial charge < -0.3 is 9.64 Å². The molecule has 0 bridgehead atoms. The van der Waals surface area contributed by atoms with Crippen LogP contribution in [0.2, 0.25) is 0 Å². The van der Waals surface area contributed by atoms with Crippen LogP contribution in [0, 0.1) is 0 Å². The van der Waals surface area contributed by atoms with Crippen molar-refractivity contribution in [3.05, 3.63) is 34.3 Å². The number of piperidine rings is 1. The number of hydrogen-bond donors (Lipinski definition) is 0. The largest absolute Gasteiger partial charge is 0.445 e. The zero-order chi connectivity index (χ0) is 13.0. The number of benzene rings is 1. The van der Waals surface area contributed by atoms with Gasteiger partial charge in [0, 0.05) is 30.4 Å². The average molecular weight is 312 g/mol. The number of rotatable bonds is 2. The first kappa shape index (κ1) is 13.1. The molecule has 2 rings (SSSR count). The molecule has 1 fully saturated rings. The molecule has 0 N–H and O–H groups in total. The monoisotopic (exact) mass is 311 g/mol. The summed E-state index contributed by atoms with van der Waals surface area (Å²) in [5, 5.41) is 0. The minimum atomic E-state index is -0.345. The first-order valence-corrected chi connectivity index (χ1v) is 6.62. The van der Waals surface area contributed by atoms with Gasteiger partial charge in [-0.3, -0.25) is 4.79 Å². The molecule has 1 aromatic rings.